The summed E-state index contributed by atoms with van der Waals surface area (Å²) < 4.78 is 1.78. The second-order valence-electron chi connectivity index (χ2n) is 4.56. The Morgan fingerprint density at radius 1 is 1.37 bits per heavy atom. The molecule has 1 unspecified atom stereocenters. The van der Waals surface area contributed by atoms with Crippen LogP contribution in [0.3, 0.4) is 0 Å². The molecule has 1 amide bonds. The molecule has 2 atom stereocenters. The maximum Gasteiger partial charge on any atom is 0.237 e. The zero-order valence-electron chi connectivity index (χ0n) is 11.1. The highest BCUT2D eigenvalue weighted by molar-refractivity contribution is 5.81. The first-order valence-electron chi connectivity index (χ1n) is 6.24. The first-order valence-corrected chi connectivity index (χ1v) is 6.24. The molecule has 0 spiro atoms. The third kappa shape index (κ3) is 3.20. The normalized spacial score (nSPS) is 13.8. The lowest BCUT2D eigenvalue weighted by Crippen LogP contribution is -2.39. The van der Waals surface area contributed by atoms with Crippen molar-refractivity contribution in [3.05, 3.63) is 48.3 Å². The molecule has 5 heteroatoms. The minimum absolute atomic E-state index is 0.0889. The number of aromatic nitrogens is 2. The van der Waals surface area contributed by atoms with Crippen LogP contribution in [0.2, 0.25) is 0 Å². The maximum atomic E-state index is 11.6. The summed E-state index contributed by atoms with van der Waals surface area (Å²) in [6.07, 6.45) is 3.61. The third-order valence-electron chi connectivity index (χ3n) is 2.91. The van der Waals surface area contributed by atoms with E-state index in [0.717, 1.165) is 11.3 Å². The van der Waals surface area contributed by atoms with E-state index in [-0.39, 0.29) is 11.9 Å². The number of nitrogens with zero attached hydrogens (tertiary/aromatic N) is 2. The molecule has 19 heavy (non-hydrogen) atoms. The summed E-state index contributed by atoms with van der Waals surface area (Å²) in [6, 6.07) is 9.16. The van der Waals surface area contributed by atoms with Gasteiger partial charge >= 0.3 is 0 Å². The lowest BCUT2D eigenvalue weighted by molar-refractivity contribution is -0.122. The Hall–Kier alpha value is -2.14. The van der Waals surface area contributed by atoms with E-state index in [1.807, 2.05) is 43.5 Å². The van der Waals surface area contributed by atoms with Gasteiger partial charge in [0.2, 0.25) is 5.91 Å². The van der Waals surface area contributed by atoms with Crippen LogP contribution < -0.4 is 11.1 Å². The Bertz CT molecular complexity index is 548. The minimum atomic E-state index is -0.503. The number of nitrogens with two attached hydrogens (primary N) is 1. The average molecular weight is 258 g/mol. The molecule has 0 aliphatic carbocycles. The van der Waals surface area contributed by atoms with Gasteiger partial charge in [-0.1, -0.05) is 12.1 Å². The van der Waals surface area contributed by atoms with Crippen molar-refractivity contribution in [2.75, 3.05) is 0 Å². The van der Waals surface area contributed by atoms with E-state index in [4.69, 9.17) is 5.73 Å². The van der Waals surface area contributed by atoms with Crippen molar-refractivity contribution < 1.29 is 4.79 Å². The van der Waals surface area contributed by atoms with E-state index in [0.29, 0.717) is 0 Å². The zero-order chi connectivity index (χ0) is 13.8. The highest BCUT2D eigenvalue weighted by Gasteiger charge is 2.13. The number of hydrogen-bond donors (Lipinski definition) is 2. The number of carbonyl (C=O) groups is 1. The van der Waals surface area contributed by atoms with Crippen molar-refractivity contribution in [1.29, 1.82) is 0 Å². The highest BCUT2D eigenvalue weighted by Crippen LogP contribution is 2.16. The third-order valence-corrected chi connectivity index (χ3v) is 2.91. The van der Waals surface area contributed by atoms with Crippen LogP contribution in [0.4, 0.5) is 0 Å². The summed E-state index contributed by atoms with van der Waals surface area (Å²) in [5.41, 5.74) is 7.52. The second-order valence-corrected chi connectivity index (χ2v) is 4.56. The fourth-order valence-corrected chi connectivity index (χ4v) is 1.79. The van der Waals surface area contributed by atoms with E-state index < -0.39 is 6.04 Å². The van der Waals surface area contributed by atoms with Crippen molar-refractivity contribution in [3.8, 4) is 5.69 Å². The Balaban J connectivity index is 2.17. The summed E-state index contributed by atoms with van der Waals surface area (Å²) in [5.74, 6) is -0.156. The van der Waals surface area contributed by atoms with Gasteiger partial charge in [0.1, 0.15) is 0 Å². The SMILES string of the molecule is CC(NC(=O)[C@@H](C)N)c1cccc(-n2cccn2)c1. The van der Waals surface area contributed by atoms with Crippen LogP contribution in [0.25, 0.3) is 5.69 Å². The lowest BCUT2D eigenvalue weighted by atomic mass is 10.1. The van der Waals surface area contributed by atoms with Gasteiger partial charge in [0.15, 0.2) is 0 Å². The van der Waals surface area contributed by atoms with Crippen LogP contribution in [-0.4, -0.2) is 21.7 Å². The van der Waals surface area contributed by atoms with Gasteiger partial charge in [-0.05, 0) is 37.6 Å². The molecule has 0 radical (unpaired) electrons. The Morgan fingerprint density at radius 2 is 2.16 bits per heavy atom. The van der Waals surface area contributed by atoms with Gasteiger partial charge in [-0.3, -0.25) is 4.79 Å². The number of benzene rings is 1. The predicted octanol–water partition coefficient (Wildman–Crippen LogP) is 1.40. The molecule has 5 nitrogen and oxygen atoms in total. The summed E-state index contributed by atoms with van der Waals surface area (Å²) in [6.45, 7) is 3.60. The number of hydrogen-bond acceptors (Lipinski definition) is 3. The molecule has 100 valence electrons. The van der Waals surface area contributed by atoms with E-state index in [2.05, 4.69) is 10.4 Å². The lowest BCUT2D eigenvalue weighted by Gasteiger charge is -2.16. The molecule has 0 saturated carbocycles. The standard InChI is InChI=1S/C14H18N4O/c1-10(15)14(19)17-11(2)12-5-3-6-13(9-12)18-8-4-7-16-18/h3-11H,15H2,1-2H3,(H,17,19)/t10-,11?/m1/s1. The molecule has 0 fully saturated rings. The second kappa shape index (κ2) is 5.67. The van der Waals surface area contributed by atoms with Crippen molar-refractivity contribution in [2.24, 2.45) is 5.73 Å². The molecular formula is C14H18N4O. The van der Waals surface area contributed by atoms with E-state index in [1.165, 1.54) is 0 Å². The molecular weight excluding hydrogens is 240 g/mol. The number of amides is 1. The van der Waals surface area contributed by atoms with Crippen LogP contribution in [0.15, 0.2) is 42.7 Å². The van der Waals surface area contributed by atoms with Gasteiger partial charge in [0.05, 0.1) is 17.8 Å². The van der Waals surface area contributed by atoms with Crippen molar-refractivity contribution in [3.63, 3.8) is 0 Å². The summed E-state index contributed by atoms with van der Waals surface area (Å²) in [5, 5.41) is 7.06. The first-order chi connectivity index (χ1) is 9.08. The van der Waals surface area contributed by atoms with Crippen molar-refractivity contribution in [2.45, 2.75) is 25.9 Å². The van der Waals surface area contributed by atoms with E-state index >= 15 is 0 Å². The molecule has 1 aromatic heterocycles. The average Bonchev–Trinajstić information content (AvgIpc) is 2.92. The Morgan fingerprint density at radius 3 is 2.79 bits per heavy atom. The van der Waals surface area contributed by atoms with Crippen LogP contribution in [-0.2, 0) is 4.79 Å². The van der Waals surface area contributed by atoms with E-state index in [1.54, 1.807) is 17.8 Å². The topological polar surface area (TPSA) is 72.9 Å². The Labute approximate surface area is 112 Å². The summed E-state index contributed by atoms with van der Waals surface area (Å²) >= 11 is 0. The largest absolute Gasteiger partial charge is 0.348 e. The molecule has 0 saturated heterocycles. The van der Waals surface area contributed by atoms with Crippen LogP contribution in [0, 0.1) is 0 Å². The smallest absolute Gasteiger partial charge is 0.237 e. The van der Waals surface area contributed by atoms with Crippen LogP contribution in [0.1, 0.15) is 25.5 Å². The first kappa shape index (κ1) is 13.3. The fourth-order valence-electron chi connectivity index (χ4n) is 1.79. The van der Waals surface area contributed by atoms with Crippen molar-refractivity contribution >= 4 is 5.91 Å². The molecule has 2 rings (SSSR count). The Kier molecular flexibility index (Phi) is 3.97. The quantitative estimate of drug-likeness (QED) is 0.870. The number of rotatable bonds is 4. The minimum Gasteiger partial charge on any atom is -0.348 e. The monoisotopic (exact) mass is 258 g/mol. The molecule has 2 aromatic rings. The van der Waals surface area contributed by atoms with Crippen molar-refractivity contribution in [1.82, 2.24) is 15.1 Å². The molecule has 0 bridgehead atoms. The van der Waals surface area contributed by atoms with Gasteiger partial charge < -0.3 is 11.1 Å². The zero-order valence-corrected chi connectivity index (χ0v) is 11.1. The molecule has 3 N–H and O–H groups in total. The molecule has 1 heterocycles. The fraction of sp³-hybridized carbons (Fsp3) is 0.286. The number of nitrogens with one attached hydrogen (secondary N) is 1. The van der Waals surface area contributed by atoms with Gasteiger partial charge in [0, 0.05) is 12.4 Å². The van der Waals surface area contributed by atoms with Gasteiger partial charge in [-0.25, -0.2) is 4.68 Å². The highest BCUT2D eigenvalue weighted by atomic mass is 16.2. The van der Waals surface area contributed by atoms with E-state index in [9.17, 15) is 4.79 Å². The predicted molar refractivity (Wildman–Crippen MR) is 73.8 cm³/mol. The van der Waals surface area contributed by atoms with Gasteiger partial charge in [0.25, 0.3) is 0 Å². The molecule has 0 aliphatic heterocycles. The molecule has 1 aromatic carbocycles. The van der Waals surface area contributed by atoms with Crippen LogP contribution >= 0.6 is 0 Å². The van der Waals surface area contributed by atoms with Gasteiger partial charge in [-0.2, -0.15) is 5.10 Å². The summed E-state index contributed by atoms with van der Waals surface area (Å²) in [7, 11) is 0. The molecule has 0 aliphatic rings. The van der Waals surface area contributed by atoms with Gasteiger partial charge in [-0.15, -0.1) is 0 Å². The number of carbonyl (C=O) groups excluding carboxylic acids is 1. The summed E-state index contributed by atoms with van der Waals surface area (Å²) in [4.78, 5) is 11.6. The maximum absolute atomic E-state index is 11.6. The van der Waals surface area contributed by atoms with Crippen LogP contribution in [0.5, 0.6) is 0 Å².